The molecule has 62 valence electrons. The number of hydrogen-bond donors (Lipinski definition) is 2. The van der Waals surface area contributed by atoms with E-state index in [1.807, 2.05) is 0 Å². The molecule has 1 atom stereocenters. The van der Waals surface area contributed by atoms with Gasteiger partial charge in [0.25, 0.3) is 0 Å². The molecule has 0 saturated carbocycles. The zero-order valence-electron chi connectivity index (χ0n) is 6.89. The second-order valence-electron chi connectivity index (χ2n) is 2.58. The Morgan fingerprint density at radius 2 is 2.10 bits per heavy atom. The molecule has 0 aliphatic rings. The number of nitrogens with two attached hydrogens (primary N) is 2. The first-order valence-electron chi connectivity index (χ1n) is 3.72. The molecule has 0 aromatic rings. The summed E-state index contributed by atoms with van der Waals surface area (Å²) in [6.07, 6.45) is 3.04. The first kappa shape index (κ1) is 9.88. The van der Waals surface area contributed by atoms with Gasteiger partial charge < -0.3 is 16.2 Å². The van der Waals surface area contributed by atoms with Gasteiger partial charge in [-0.15, -0.1) is 0 Å². The molecule has 3 nitrogen and oxygen atoms in total. The minimum atomic E-state index is -0.587. The largest absolute Gasteiger partial charge is 0.363 e. The summed E-state index contributed by atoms with van der Waals surface area (Å²) < 4.78 is 5.04. The van der Waals surface area contributed by atoms with Gasteiger partial charge in [-0.3, -0.25) is 0 Å². The van der Waals surface area contributed by atoms with E-state index in [4.69, 9.17) is 16.2 Å². The highest BCUT2D eigenvalue weighted by Crippen LogP contribution is 2.09. The Morgan fingerprint density at radius 3 is 2.40 bits per heavy atom. The fraction of sp³-hybridized carbons (Fsp3) is 1.00. The zero-order chi connectivity index (χ0) is 8.04. The number of rotatable bonds is 5. The maximum Gasteiger partial charge on any atom is 0.128 e. The third kappa shape index (κ3) is 3.15. The SMILES string of the molecule is CCCCC(N)(CN)OC. The predicted molar refractivity (Wildman–Crippen MR) is 42.5 cm³/mol. The van der Waals surface area contributed by atoms with Crippen molar-refractivity contribution in [2.45, 2.75) is 31.9 Å². The number of ether oxygens (including phenoxy) is 1. The van der Waals surface area contributed by atoms with Gasteiger partial charge in [0, 0.05) is 13.7 Å². The molecule has 0 radical (unpaired) electrons. The Morgan fingerprint density at radius 1 is 1.50 bits per heavy atom. The second-order valence-corrected chi connectivity index (χ2v) is 2.58. The summed E-state index contributed by atoms with van der Waals surface area (Å²) in [6, 6.07) is 0. The molecule has 3 heteroatoms. The minimum Gasteiger partial charge on any atom is -0.363 e. The topological polar surface area (TPSA) is 61.3 Å². The van der Waals surface area contributed by atoms with Crippen LogP contribution in [0.5, 0.6) is 0 Å². The van der Waals surface area contributed by atoms with Crippen LogP contribution in [0, 0.1) is 0 Å². The quantitative estimate of drug-likeness (QED) is 0.553. The van der Waals surface area contributed by atoms with Gasteiger partial charge in [-0.1, -0.05) is 13.3 Å². The zero-order valence-corrected chi connectivity index (χ0v) is 6.89. The van der Waals surface area contributed by atoms with Gasteiger partial charge in [-0.2, -0.15) is 0 Å². The molecule has 0 aromatic heterocycles. The Labute approximate surface area is 62.7 Å². The Balaban J connectivity index is 3.58. The van der Waals surface area contributed by atoms with Gasteiger partial charge in [-0.05, 0) is 12.8 Å². The average Bonchev–Trinajstić information content (AvgIpc) is 2.00. The Kier molecular flexibility index (Phi) is 4.60. The Hall–Kier alpha value is -0.120. The van der Waals surface area contributed by atoms with Crippen molar-refractivity contribution in [2.24, 2.45) is 11.5 Å². The molecule has 0 aromatic carbocycles. The summed E-state index contributed by atoms with van der Waals surface area (Å²) in [5.41, 5.74) is 10.6. The van der Waals surface area contributed by atoms with Crippen LogP contribution in [0.25, 0.3) is 0 Å². The summed E-state index contributed by atoms with van der Waals surface area (Å²) in [4.78, 5) is 0. The molecule has 0 saturated heterocycles. The van der Waals surface area contributed by atoms with E-state index in [2.05, 4.69) is 6.92 Å². The first-order valence-corrected chi connectivity index (χ1v) is 3.72. The highest BCUT2D eigenvalue weighted by atomic mass is 16.5. The van der Waals surface area contributed by atoms with Crippen LogP contribution in [-0.2, 0) is 4.74 Å². The average molecular weight is 146 g/mol. The first-order chi connectivity index (χ1) is 4.68. The van der Waals surface area contributed by atoms with E-state index in [-0.39, 0.29) is 0 Å². The van der Waals surface area contributed by atoms with E-state index in [0.29, 0.717) is 6.54 Å². The van der Waals surface area contributed by atoms with Crippen LogP contribution in [0.4, 0.5) is 0 Å². The van der Waals surface area contributed by atoms with Crippen LogP contribution in [0.15, 0.2) is 0 Å². The van der Waals surface area contributed by atoms with Crippen LogP contribution in [0.2, 0.25) is 0 Å². The lowest BCUT2D eigenvalue weighted by Crippen LogP contribution is -2.48. The molecule has 0 spiro atoms. The van der Waals surface area contributed by atoms with Crippen LogP contribution in [-0.4, -0.2) is 19.4 Å². The van der Waals surface area contributed by atoms with Crippen LogP contribution >= 0.6 is 0 Å². The number of hydrogen-bond acceptors (Lipinski definition) is 3. The van der Waals surface area contributed by atoms with Crippen LogP contribution < -0.4 is 11.5 Å². The van der Waals surface area contributed by atoms with Gasteiger partial charge >= 0.3 is 0 Å². The molecule has 10 heavy (non-hydrogen) atoms. The van der Waals surface area contributed by atoms with E-state index < -0.39 is 5.72 Å². The summed E-state index contributed by atoms with van der Waals surface area (Å²) in [7, 11) is 1.60. The van der Waals surface area contributed by atoms with Crippen LogP contribution in [0.3, 0.4) is 0 Å². The summed E-state index contributed by atoms with van der Waals surface area (Å²) >= 11 is 0. The normalized spacial score (nSPS) is 16.8. The fourth-order valence-electron chi connectivity index (χ4n) is 0.763. The second kappa shape index (κ2) is 4.66. The maximum absolute atomic E-state index is 5.74. The summed E-state index contributed by atoms with van der Waals surface area (Å²) in [5, 5.41) is 0. The third-order valence-corrected chi connectivity index (χ3v) is 1.71. The maximum atomic E-state index is 5.74. The van der Waals surface area contributed by atoms with Crippen molar-refractivity contribution >= 4 is 0 Å². The smallest absolute Gasteiger partial charge is 0.128 e. The summed E-state index contributed by atoms with van der Waals surface area (Å²) in [6.45, 7) is 2.51. The van der Waals surface area contributed by atoms with Crippen molar-refractivity contribution < 1.29 is 4.74 Å². The van der Waals surface area contributed by atoms with Crippen molar-refractivity contribution in [3.05, 3.63) is 0 Å². The lowest BCUT2D eigenvalue weighted by atomic mass is 10.1. The van der Waals surface area contributed by atoms with Gasteiger partial charge in [0.2, 0.25) is 0 Å². The molecule has 0 aliphatic heterocycles. The van der Waals surface area contributed by atoms with Crippen molar-refractivity contribution in [2.75, 3.05) is 13.7 Å². The van der Waals surface area contributed by atoms with Crippen LogP contribution in [0.1, 0.15) is 26.2 Å². The van der Waals surface area contributed by atoms with Crippen molar-refractivity contribution in [3.8, 4) is 0 Å². The number of methoxy groups -OCH3 is 1. The molecule has 0 heterocycles. The molecule has 0 fully saturated rings. The molecule has 1 unspecified atom stereocenters. The van der Waals surface area contributed by atoms with E-state index >= 15 is 0 Å². The molecular weight excluding hydrogens is 128 g/mol. The van der Waals surface area contributed by atoms with Gasteiger partial charge in [0.1, 0.15) is 5.72 Å². The lowest BCUT2D eigenvalue weighted by Gasteiger charge is -2.25. The highest BCUT2D eigenvalue weighted by Gasteiger charge is 2.20. The highest BCUT2D eigenvalue weighted by molar-refractivity contribution is 4.72. The monoisotopic (exact) mass is 146 g/mol. The predicted octanol–water partition coefficient (Wildman–Crippen LogP) is 0.437. The summed E-state index contributed by atoms with van der Waals surface area (Å²) in [5.74, 6) is 0. The lowest BCUT2D eigenvalue weighted by molar-refractivity contribution is -0.00582. The van der Waals surface area contributed by atoms with Gasteiger partial charge in [0.15, 0.2) is 0 Å². The molecule has 0 bridgehead atoms. The van der Waals surface area contributed by atoms with Crippen molar-refractivity contribution in [3.63, 3.8) is 0 Å². The molecule has 4 N–H and O–H groups in total. The van der Waals surface area contributed by atoms with E-state index in [9.17, 15) is 0 Å². The van der Waals surface area contributed by atoms with Crippen molar-refractivity contribution in [1.82, 2.24) is 0 Å². The van der Waals surface area contributed by atoms with Crippen molar-refractivity contribution in [1.29, 1.82) is 0 Å². The van der Waals surface area contributed by atoms with Gasteiger partial charge in [-0.25, -0.2) is 0 Å². The van der Waals surface area contributed by atoms with Gasteiger partial charge in [0.05, 0.1) is 0 Å². The van der Waals surface area contributed by atoms with E-state index in [1.54, 1.807) is 7.11 Å². The Bertz CT molecular complexity index is 81.7. The van der Waals surface area contributed by atoms with E-state index in [0.717, 1.165) is 19.3 Å². The number of unbranched alkanes of at least 4 members (excludes halogenated alkanes) is 1. The third-order valence-electron chi connectivity index (χ3n) is 1.71. The molecule has 0 rings (SSSR count). The minimum absolute atomic E-state index is 0.392. The molecule has 0 aliphatic carbocycles. The van der Waals surface area contributed by atoms with E-state index in [1.165, 1.54) is 0 Å². The standard InChI is InChI=1S/C7H18N2O/c1-3-4-5-7(9,6-8)10-2/h3-6,8-9H2,1-2H3. The molecule has 0 amide bonds. The molecular formula is C7H18N2O. The fourth-order valence-corrected chi connectivity index (χ4v) is 0.763.